The van der Waals surface area contributed by atoms with Crippen molar-refractivity contribution < 1.29 is 32.2 Å². The Morgan fingerprint density at radius 2 is 1.55 bits per heavy atom. The number of thioether (sulfide) groups is 1. The summed E-state index contributed by atoms with van der Waals surface area (Å²) in [5.74, 6) is 1.37. The lowest BCUT2D eigenvalue weighted by Gasteiger charge is -2.15. The topological polar surface area (TPSA) is 154 Å². The molecule has 0 unspecified atom stereocenters. The van der Waals surface area contributed by atoms with E-state index in [4.69, 9.17) is 14.2 Å². The van der Waals surface area contributed by atoms with Gasteiger partial charge < -0.3 is 24.8 Å². The zero-order valence-corrected chi connectivity index (χ0v) is 26.4. The van der Waals surface area contributed by atoms with Gasteiger partial charge in [-0.1, -0.05) is 11.8 Å². The summed E-state index contributed by atoms with van der Waals surface area (Å²) in [6.45, 7) is -0.0391. The van der Waals surface area contributed by atoms with Crippen molar-refractivity contribution >= 4 is 39.3 Å². The number of sulfonamides is 1. The second-order valence-corrected chi connectivity index (χ2v) is 12.4. The Labute approximate surface area is 259 Å². The maximum Gasteiger partial charge on any atom is 0.251 e. The lowest BCUT2D eigenvalue weighted by molar-refractivity contribution is -0.113. The number of methoxy groups -OCH3 is 3. The maximum atomic E-state index is 13.0. The van der Waals surface area contributed by atoms with E-state index in [2.05, 4.69) is 20.8 Å². The molecule has 2 N–H and O–H groups in total. The molecule has 44 heavy (non-hydrogen) atoms. The lowest BCUT2D eigenvalue weighted by Crippen LogP contribution is -2.25. The molecule has 2 amide bonds. The standard InChI is InChI=1S/C29H32N6O7S2/c1-34(2)44(38,39)23-13-6-19(7-14-23)28(37)30-17-26-32-33-29(35(26)24-16-22(41-4)12-15-25(24)42-5)43-18-27(36)31-20-8-10-21(40-3)11-9-20/h6-16H,17-18H2,1-5H3,(H,30,37)(H,31,36). The van der Waals surface area contributed by atoms with Gasteiger partial charge in [0.15, 0.2) is 11.0 Å². The van der Waals surface area contributed by atoms with Crippen LogP contribution in [-0.4, -0.2) is 80.5 Å². The molecule has 1 aromatic heterocycles. The third-order valence-electron chi connectivity index (χ3n) is 6.34. The molecule has 0 fully saturated rings. The summed E-state index contributed by atoms with van der Waals surface area (Å²) in [5, 5.41) is 14.6. The maximum absolute atomic E-state index is 13.0. The number of carbonyl (C=O) groups excluding carboxylic acids is 2. The van der Waals surface area contributed by atoms with Crippen molar-refractivity contribution in [2.75, 3.05) is 46.5 Å². The third-order valence-corrected chi connectivity index (χ3v) is 9.09. The van der Waals surface area contributed by atoms with E-state index in [-0.39, 0.29) is 28.7 Å². The fraction of sp³-hybridized carbons (Fsp3) is 0.241. The van der Waals surface area contributed by atoms with E-state index in [9.17, 15) is 18.0 Å². The molecular formula is C29H32N6O7S2. The van der Waals surface area contributed by atoms with E-state index in [0.717, 1.165) is 16.1 Å². The molecule has 0 atom stereocenters. The zero-order valence-electron chi connectivity index (χ0n) is 24.7. The summed E-state index contributed by atoms with van der Waals surface area (Å²) < 4.78 is 43.7. The van der Waals surface area contributed by atoms with Crippen molar-refractivity contribution in [3.8, 4) is 22.9 Å². The molecular weight excluding hydrogens is 608 g/mol. The molecule has 232 valence electrons. The largest absolute Gasteiger partial charge is 0.497 e. The molecule has 0 aliphatic carbocycles. The minimum Gasteiger partial charge on any atom is -0.497 e. The van der Waals surface area contributed by atoms with Crippen LogP contribution in [0.3, 0.4) is 0 Å². The van der Waals surface area contributed by atoms with Crippen molar-refractivity contribution in [3.63, 3.8) is 0 Å². The monoisotopic (exact) mass is 640 g/mol. The number of ether oxygens (including phenoxy) is 3. The van der Waals surface area contributed by atoms with Crippen LogP contribution in [0.5, 0.6) is 17.2 Å². The van der Waals surface area contributed by atoms with Crippen LogP contribution in [0.1, 0.15) is 16.2 Å². The molecule has 3 aromatic carbocycles. The molecule has 0 saturated carbocycles. The van der Waals surface area contributed by atoms with Crippen LogP contribution >= 0.6 is 11.8 Å². The zero-order chi connectivity index (χ0) is 31.9. The number of benzene rings is 3. The molecule has 0 spiro atoms. The van der Waals surface area contributed by atoms with Gasteiger partial charge >= 0.3 is 0 Å². The van der Waals surface area contributed by atoms with Crippen LogP contribution in [0.15, 0.2) is 76.8 Å². The molecule has 13 nitrogen and oxygen atoms in total. The first-order valence-corrected chi connectivity index (χ1v) is 15.5. The van der Waals surface area contributed by atoms with Gasteiger partial charge in [-0.05, 0) is 60.7 Å². The number of nitrogens with zero attached hydrogens (tertiary/aromatic N) is 4. The number of anilines is 1. The van der Waals surface area contributed by atoms with Gasteiger partial charge in [-0.25, -0.2) is 12.7 Å². The van der Waals surface area contributed by atoms with Gasteiger partial charge in [0, 0.05) is 31.4 Å². The Morgan fingerprint density at radius 3 is 2.16 bits per heavy atom. The van der Waals surface area contributed by atoms with Crippen LogP contribution in [0, 0.1) is 0 Å². The number of nitrogens with one attached hydrogen (secondary N) is 2. The third kappa shape index (κ3) is 7.48. The molecule has 15 heteroatoms. The number of aromatic nitrogens is 3. The van der Waals surface area contributed by atoms with Crippen molar-refractivity contribution in [2.24, 2.45) is 0 Å². The van der Waals surface area contributed by atoms with Crippen molar-refractivity contribution in [2.45, 2.75) is 16.6 Å². The lowest BCUT2D eigenvalue weighted by atomic mass is 10.2. The molecule has 0 radical (unpaired) electrons. The molecule has 0 aliphatic heterocycles. The number of rotatable bonds is 13. The van der Waals surface area contributed by atoms with E-state index in [0.29, 0.717) is 39.6 Å². The van der Waals surface area contributed by atoms with E-state index in [1.54, 1.807) is 54.1 Å². The molecule has 0 saturated heterocycles. The summed E-state index contributed by atoms with van der Waals surface area (Å²) in [4.78, 5) is 25.8. The van der Waals surface area contributed by atoms with Crippen molar-refractivity contribution in [1.29, 1.82) is 0 Å². The molecule has 4 rings (SSSR count). The van der Waals surface area contributed by atoms with Gasteiger partial charge in [-0.15, -0.1) is 10.2 Å². The summed E-state index contributed by atoms with van der Waals surface area (Å²) >= 11 is 1.15. The van der Waals surface area contributed by atoms with Gasteiger partial charge in [0.2, 0.25) is 15.9 Å². The molecule has 4 aromatic rings. The summed E-state index contributed by atoms with van der Waals surface area (Å²) in [6.07, 6.45) is 0. The van der Waals surface area contributed by atoms with Gasteiger partial charge in [-0.2, -0.15) is 0 Å². The Morgan fingerprint density at radius 1 is 0.886 bits per heavy atom. The van der Waals surface area contributed by atoms with E-state index in [1.807, 2.05) is 0 Å². The first kappa shape index (κ1) is 32.3. The highest BCUT2D eigenvalue weighted by atomic mass is 32.2. The second-order valence-electron chi connectivity index (χ2n) is 9.33. The van der Waals surface area contributed by atoms with Gasteiger partial charge in [0.25, 0.3) is 5.91 Å². The minimum absolute atomic E-state index is 0.0189. The Kier molecular flexibility index (Phi) is 10.5. The normalized spacial score (nSPS) is 11.2. The highest BCUT2D eigenvalue weighted by Crippen LogP contribution is 2.32. The number of amides is 2. The van der Waals surface area contributed by atoms with E-state index >= 15 is 0 Å². The summed E-state index contributed by atoms with van der Waals surface area (Å²) in [5.41, 5.74) is 1.41. The summed E-state index contributed by atoms with van der Waals surface area (Å²) in [7, 11) is 3.86. The first-order valence-electron chi connectivity index (χ1n) is 13.1. The second kappa shape index (κ2) is 14.2. The SMILES string of the molecule is COc1ccc(NC(=O)CSc2nnc(CNC(=O)c3ccc(S(=O)(=O)N(C)C)cc3)n2-c2cc(OC)ccc2OC)cc1. The number of hydrogen-bond acceptors (Lipinski definition) is 10. The fourth-order valence-electron chi connectivity index (χ4n) is 3.97. The average molecular weight is 641 g/mol. The van der Waals surface area contributed by atoms with Gasteiger partial charge in [0.1, 0.15) is 17.2 Å². The Balaban J connectivity index is 1.56. The van der Waals surface area contributed by atoms with Crippen LogP contribution in [-0.2, 0) is 21.4 Å². The van der Waals surface area contributed by atoms with Crippen molar-refractivity contribution in [3.05, 3.63) is 78.1 Å². The average Bonchev–Trinajstić information content (AvgIpc) is 3.45. The predicted molar refractivity (Wildman–Crippen MR) is 165 cm³/mol. The molecule has 0 bridgehead atoms. The Bertz CT molecular complexity index is 1720. The summed E-state index contributed by atoms with van der Waals surface area (Å²) in [6, 6.07) is 17.8. The van der Waals surface area contributed by atoms with Gasteiger partial charge in [-0.3, -0.25) is 14.2 Å². The highest BCUT2D eigenvalue weighted by Gasteiger charge is 2.21. The Hall–Kier alpha value is -4.60. The van der Waals surface area contributed by atoms with Crippen LogP contribution in [0.4, 0.5) is 5.69 Å². The van der Waals surface area contributed by atoms with E-state index in [1.165, 1.54) is 52.6 Å². The van der Waals surface area contributed by atoms with Crippen LogP contribution in [0.2, 0.25) is 0 Å². The van der Waals surface area contributed by atoms with Crippen molar-refractivity contribution in [1.82, 2.24) is 24.4 Å². The van der Waals surface area contributed by atoms with Crippen LogP contribution < -0.4 is 24.8 Å². The first-order chi connectivity index (χ1) is 21.1. The number of hydrogen-bond donors (Lipinski definition) is 2. The smallest absolute Gasteiger partial charge is 0.251 e. The number of carbonyl (C=O) groups is 2. The minimum atomic E-state index is -3.63. The van der Waals surface area contributed by atoms with Crippen LogP contribution in [0.25, 0.3) is 5.69 Å². The van der Waals surface area contributed by atoms with Gasteiger partial charge in [0.05, 0.1) is 44.2 Å². The fourth-order valence-corrected chi connectivity index (χ4v) is 5.64. The highest BCUT2D eigenvalue weighted by molar-refractivity contribution is 7.99. The quantitative estimate of drug-likeness (QED) is 0.208. The molecule has 1 heterocycles. The predicted octanol–water partition coefficient (Wildman–Crippen LogP) is 3.20. The molecule has 0 aliphatic rings. The van der Waals surface area contributed by atoms with E-state index < -0.39 is 15.9 Å².